The van der Waals surface area contributed by atoms with Gasteiger partial charge in [-0.05, 0) is 30.8 Å². The lowest BCUT2D eigenvalue weighted by Gasteiger charge is -2.26. The lowest BCUT2D eigenvalue weighted by molar-refractivity contribution is -0.00931. The Bertz CT molecular complexity index is 377. The summed E-state index contributed by atoms with van der Waals surface area (Å²) in [6, 6.07) is 5.08. The third-order valence-electron chi connectivity index (χ3n) is 3.13. The van der Waals surface area contributed by atoms with Crippen LogP contribution in [0.4, 0.5) is 0 Å². The molecule has 1 aliphatic carbocycles. The monoisotopic (exact) mass is 236 g/mol. The Kier molecular flexibility index (Phi) is 4.04. The van der Waals surface area contributed by atoms with E-state index in [-0.39, 0.29) is 0 Å². The third-order valence-corrected chi connectivity index (χ3v) is 3.13. The van der Waals surface area contributed by atoms with Crippen molar-refractivity contribution in [2.45, 2.75) is 32.0 Å². The largest absolute Gasteiger partial charge is 0.496 e. The molecule has 0 aromatic heterocycles. The Morgan fingerprint density at radius 2 is 2.12 bits per heavy atom. The molecule has 4 nitrogen and oxygen atoms in total. The van der Waals surface area contributed by atoms with Gasteiger partial charge in [0.15, 0.2) is 0 Å². The van der Waals surface area contributed by atoms with Crippen LogP contribution in [0.3, 0.4) is 0 Å². The van der Waals surface area contributed by atoms with Gasteiger partial charge in [-0.3, -0.25) is 0 Å². The van der Waals surface area contributed by atoms with Gasteiger partial charge >= 0.3 is 7.12 Å². The molecule has 0 aliphatic heterocycles. The van der Waals surface area contributed by atoms with Gasteiger partial charge < -0.3 is 19.5 Å². The smallest absolute Gasteiger partial charge is 0.488 e. The average Bonchev–Trinajstić information content (AvgIpc) is 2.26. The summed E-state index contributed by atoms with van der Waals surface area (Å²) in [5.74, 6) is 0.716. The number of rotatable bonds is 5. The maximum Gasteiger partial charge on any atom is 0.488 e. The summed E-state index contributed by atoms with van der Waals surface area (Å²) in [4.78, 5) is 0. The second kappa shape index (κ2) is 5.53. The van der Waals surface area contributed by atoms with Crippen molar-refractivity contribution in [1.82, 2.24) is 0 Å². The maximum atomic E-state index is 9.12. The van der Waals surface area contributed by atoms with Crippen LogP contribution < -0.4 is 10.2 Å². The highest BCUT2D eigenvalue weighted by Gasteiger charge is 2.19. The van der Waals surface area contributed by atoms with E-state index in [0.717, 1.165) is 18.4 Å². The molecular formula is C12H17BO4. The molecule has 92 valence electrons. The molecule has 0 amide bonds. The Labute approximate surface area is 101 Å². The van der Waals surface area contributed by atoms with E-state index >= 15 is 0 Å². The van der Waals surface area contributed by atoms with Crippen LogP contribution in [0.5, 0.6) is 5.75 Å². The number of hydrogen-bond donors (Lipinski definition) is 2. The van der Waals surface area contributed by atoms with E-state index in [9.17, 15) is 0 Å². The van der Waals surface area contributed by atoms with Crippen LogP contribution in [0, 0.1) is 0 Å². The SMILES string of the molecule is COc1ccc(B(O)O)cc1COC1CCC1. The minimum atomic E-state index is -1.46. The lowest BCUT2D eigenvalue weighted by atomic mass is 9.79. The fourth-order valence-electron chi connectivity index (χ4n) is 1.82. The van der Waals surface area contributed by atoms with Gasteiger partial charge in [0, 0.05) is 5.56 Å². The zero-order chi connectivity index (χ0) is 12.3. The summed E-state index contributed by atoms with van der Waals surface area (Å²) in [6.07, 6.45) is 3.81. The van der Waals surface area contributed by atoms with Gasteiger partial charge in [-0.25, -0.2) is 0 Å². The first-order chi connectivity index (χ1) is 8.20. The van der Waals surface area contributed by atoms with Crippen molar-refractivity contribution in [1.29, 1.82) is 0 Å². The summed E-state index contributed by atoms with van der Waals surface area (Å²) in [5, 5.41) is 18.2. The minimum absolute atomic E-state index is 0.349. The van der Waals surface area contributed by atoms with Crippen LogP contribution >= 0.6 is 0 Å². The standard InChI is InChI=1S/C12H17BO4/c1-16-12-6-5-10(13(14)15)7-9(12)8-17-11-3-2-4-11/h5-7,11,14-15H,2-4,8H2,1H3. The van der Waals surface area contributed by atoms with Crippen LogP contribution in [0.1, 0.15) is 24.8 Å². The molecule has 0 radical (unpaired) electrons. The third kappa shape index (κ3) is 3.00. The molecule has 0 heterocycles. The molecule has 2 N–H and O–H groups in total. The van der Waals surface area contributed by atoms with Gasteiger partial charge in [-0.2, -0.15) is 0 Å². The molecule has 0 bridgehead atoms. The zero-order valence-corrected chi connectivity index (χ0v) is 9.93. The van der Waals surface area contributed by atoms with Crippen LogP contribution in [-0.4, -0.2) is 30.4 Å². The van der Waals surface area contributed by atoms with Gasteiger partial charge in [0.1, 0.15) is 5.75 Å². The number of benzene rings is 1. The highest BCUT2D eigenvalue weighted by molar-refractivity contribution is 6.58. The van der Waals surface area contributed by atoms with Gasteiger partial charge in [0.2, 0.25) is 0 Å². The van der Waals surface area contributed by atoms with E-state index in [1.165, 1.54) is 6.42 Å². The van der Waals surface area contributed by atoms with Gasteiger partial charge in [-0.1, -0.05) is 12.1 Å². The second-order valence-electron chi connectivity index (χ2n) is 4.31. The Morgan fingerprint density at radius 1 is 1.35 bits per heavy atom. The second-order valence-corrected chi connectivity index (χ2v) is 4.31. The molecule has 1 saturated carbocycles. The van der Waals surface area contributed by atoms with Crippen molar-refractivity contribution in [2.24, 2.45) is 0 Å². The quantitative estimate of drug-likeness (QED) is 0.728. The van der Waals surface area contributed by atoms with Crippen molar-refractivity contribution in [3.8, 4) is 5.75 Å². The topological polar surface area (TPSA) is 58.9 Å². The predicted octanol–water partition coefficient (Wildman–Crippen LogP) is 0.444. The van der Waals surface area contributed by atoms with Crippen molar-refractivity contribution in [2.75, 3.05) is 7.11 Å². The molecule has 1 fully saturated rings. The summed E-state index contributed by atoms with van der Waals surface area (Å²) in [6.45, 7) is 0.453. The summed E-state index contributed by atoms with van der Waals surface area (Å²) in [7, 11) is 0.139. The highest BCUT2D eigenvalue weighted by atomic mass is 16.5. The minimum Gasteiger partial charge on any atom is -0.496 e. The number of ether oxygens (including phenoxy) is 2. The maximum absolute atomic E-state index is 9.12. The predicted molar refractivity (Wildman–Crippen MR) is 65.2 cm³/mol. The van der Waals surface area contributed by atoms with E-state index in [4.69, 9.17) is 19.5 Å². The first-order valence-corrected chi connectivity index (χ1v) is 5.85. The number of methoxy groups -OCH3 is 1. The molecule has 2 rings (SSSR count). The Hall–Kier alpha value is -1.04. The summed E-state index contributed by atoms with van der Waals surface area (Å²) in [5.41, 5.74) is 1.31. The molecule has 0 saturated heterocycles. The van der Waals surface area contributed by atoms with E-state index in [1.807, 2.05) is 0 Å². The van der Waals surface area contributed by atoms with E-state index in [0.29, 0.717) is 23.9 Å². The van der Waals surface area contributed by atoms with Crippen LogP contribution in [0.25, 0.3) is 0 Å². The molecule has 5 heteroatoms. The fraction of sp³-hybridized carbons (Fsp3) is 0.500. The molecule has 17 heavy (non-hydrogen) atoms. The van der Waals surface area contributed by atoms with Gasteiger partial charge in [-0.15, -0.1) is 0 Å². The van der Waals surface area contributed by atoms with E-state index < -0.39 is 7.12 Å². The van der Waals surface area contributed by atoms with Crippen LogP contribution in [0.15, 0.2) is 18.2 Å². The molecule has 0 spiro atoms. The molecule has 1 aromatic rings. The Balaban J connectivity index is 2.07. The van der Waals surface area contributed by atoms with Crippen molar-refractivity contribution in [3.63, 3.8) is 0 Å². The van der Waals surface area contributed by atoms with E-state index in [2.05, 4.69) is 0 Å². The summed E-state index contributed by atoms with van der Waals surface area (Å²) < 4.78 is 10.9. The van der Waals surface area contributed by atoms with Crippen molar-refractivity contribution >= 4 is 12.6 Å². The molecule has 1 aromatic carbocycles. The molecule has 0 atom stereocenters. The Morgan fingerprint density at radius 3 is 2.65 bits per heavy atom. The number of hydrogen-bond acceptors (Lipinski definition) is 4. The van der Waals surface area contributed by atoms with E-state index in [1.54, 1.807) is 25.3 Å². The zero-order valence-electron chi connectivity index (χ0n) is 9.93. The fourth-order valence-corrected chi connectivity index (χ4v) is 1.82. The molecule has 1 aliphatic rings. The lowest BCUT2D eigenvalue weighted by Crippen LogP contribution is -2.30. The first kappa shape index (κ1) is 12.4. The van der Waals surface area contributed by atoms with Crippen LogP contribution in [-0.2, 0) is 11.3 Å². The normalized spacial score (nSPS) is 15.5. The highest BCUT2D eigenvalue weighted by Crippen LogP contribution is 2.25. The molecule has 0 unspecified atom stereocenters. The summed E-state index contributed by atoms with van der Waals surface area (Å²) >= 11 is 0. The average molecular weight is 236 g/mol. The van der Waals surface area contributed by atoms with Crippen molar-refractivity contribution in [3.05, 3.63) is 23.8 Å². The van der Waals surface area contributed by atoms with Gasteiger partial charge in [0.25, 0.3) is 0 Å². The van der Waals surface area contributed by atoms with Crippen LogP contribution in [0.2, 0.25) is 0 Å². The first-order valence-electron chi connectivity index (χ1n) is 5.85. The van der Waals surface area contributed by atoms with Gasteiger partial charge in [0.05, 0.1) is 19.8 Å². The van der Waals surface area contributed by atoms with Crippen molar-refractivity contribution < 1.29 is 19.5 Å². The molecular weight excluding hydrogens is 219 g/mol.